The van der Waals surface area contributed by atoms with Crippen molar-refractivity contribution >= 4 is 11.9 Å². The van der Waals surface area contributed by atoms with Gasteiger partial charge in [0, 0.05) is 50.4 Å². The van der Waals surface area contributed by atoms with Crippen LogP contribution in [-0.2, 0) is 11.2 Å². The van der Waals surface area contributed by atoms with E-state index in [2.05, 4.69) is 15.6 Å². The summed E-state index contributed by atoms with van der Waals surface area (Å²) < 4.78 is 0. The number of rotatable bonds is 7. The van der Waals surface area contributed by atoms with E-state index < -0.39 is 0 Å². The molecule has 4 bridgehead atoms. The lowest BCUT2D eigenvalue weighted by atomic mass is 9.53. The van der Waals surface area contributed by atoms with Gasteiger partial charge in [0.05, 0.1) is 0 Å². The van der Waals surface area contributed by atoms with Crippen LogP contribution in [0.5, 0.6) is 0 Å². The Labute approximate surface area is 167 Å². The van der Waals surface area contributed by atoms with E-state index in [0.29, 0.717) is 19.5 Å². The van der Waals surface area contributed by atoms with Gasteiger partial charge >= 0.3 is 6.03 Å². The highest BCUT2D eigenvalue weighted by Gasteiger charge is 2.51. The molecular formula is C22H32N4O2. The highest BCUT2D eigenvalue weighted by atomic mass is 16.2. The monoisotopic (exact) mass is 384 g/mol. The van der Waals surface area contributed by atoms with E-state index in [1.54, 1.807) is 18.1 Å². The van der Waals surface area contributed by atoms with Crippen LogP contribution < -0.4 is 10.6 Å². The lowest BCUT2D eigenvalue weighted by molar-refractivity contribution is -0.129. The van der Waals surface area contributed by atoms with Crippen molar-refractivity contribution < 1.29 is 9.59 Å². The molecule has 4 aliphatic rings. The molecule has 0 radical (unpaired) electrons. The molecule has 6 heteroatoms. The zero-order chi connectivity index (χ0) is 19.6. The van der Waals surface area contributed by atoms with Gasteiger partial charge in [0.15, 0.2) is 0 Å². The maximum atomic E-state index is 12.4. The maximum absolute atomic E-state index is 12.4. The largest absolute Gasteiger partial charge is 0.345 e. The second-order valence-electron chi connectivity index (χ2n) is 9.22. The lowest BCUT2D eigenvalue weighted by Gasteiger charge is -2.56. The number of carbonyl (C=O) groups excluding carboxylic acids is 2. The highest BCUT2D eigenvalue weighted by Crippen LogP contribution is 2.55. The zero-order valence-electron chi connectivity index (χ0n) is 16.8. The van der Waals surface area contributed by atoms with Crippen molar-refractivity contribution in [2.75, 3.05) is 20.1 Å². The minimum absolute atomic E-state index is 0.0162. The van der Waals surface area contributed by atoms with Crippen LogP contribution in [-0.4, -0.2) is 47.5 Å². The number of aromatic nitrogens is 1. The summed E-state index contributed by atoms with van der Waals surface area (Å²) >= 11 is 0. The molecule has 0 spiro atoms. The molecule has 2 N–H and O–H groups in total. The second kappa shape index (κ2) is 8.10. The Balaban J connectivity index is 1.16. The molecule has 152 valence electrons. The first-order valence-electron chi connectivity index (χ1n) is 10.7. The third kappa shape index (κ3) is 4.47. The fourth-order valence-electron chi connectivity index (χ4n) is 5.98. The second-order valence-corrected chi connectivity index (χ2v) is 9.22. The van der Waals surface area contributed by atoms with Crippen LogP contribution in [0.4, 0.5) is 4.79 Å². The van der Waals surface area contributed by atoms with Crippen LogP contribution in [0.1, 0.15) is 50.6 Å². The van der Waals surface area contributed by atoms with Crippen molar-refractivity contribution in [2.45, 2.75) is 56.9 Å². The molecule has 1 aromatic rings. The number of hydrogen-bond acceptors (Lipinski definition) is 3. The van der Waals surface area contributed by atoms with Crippen LogP contribution in [0.2, 0.25) is 0 Å². The number of nitrogens with one attached hydrogen (secondary N) is 2. The summed E-state index contributed by atoms with van der Waals surface area (Å²) in [4.78, 5) is 30.7. The van der Waals surface area contributed by atoms with Gasteiger partial charge in [-0.3, -0.25) is 9.78 Å². The lowest BCUT2D eigenvalue weighted by Crippen LogP contribution is -2.61. The third-order valence-electron chi connectivity index (χ3n) is 6.90. The minimum atomic E-state index is -0.106. The van der Waals surface area contributed by atoms with Crippen molar-refractivity contribution in [1.82, 2.24) is 20.5 Å². The zero-order valence-corrected chi connectivity index (χ0v) is 16.8. The van der Waals surface area contributed by atoms with Crippen LogP contribution in [0.25, 0.3) is 0 Å². The number of likely N-dealkylation sites (N-methyl/N-ethyl adjacent to an activating group) is 1. The van der Waals surface area contributed by atoms with Gasteiger partial charge in [-0.15, -0.1) is 0 Å². The Morgan fingerprint density at radius 2 is 1.82 bits per heavy atom. The molecule has 0 unspecified atom stereocenters. The van der Waals surface area contributed by atoms with Crippen molar-refractivity contribution in [3.63, 3.8) is 0 Å². The van der Waals surface area contributed by atoms with E-state index in [1.807, 2.05) is 18.2 Å². The first-order valence-corrected chi connectivity index (χ1v) is 10.7. The van der Waals surface area contributed by atoms with E-state index in [1.165, 1.54) is 19.3 Å². The predicted octanol–water partition coefficient (Wildman–Crippen LogP) is 2.74. The molecule has 3 amide bonds. The van der Waals surface area contributed by atoms with Crippen molar-refractivity contribution in [2.24, 2.45) is 17.8 Å². The van der Waals surface area contributed by atoms with Crippen LogP contribution >= 0.6 is 0 Å². The van der Waals surface area contributed by atoms with Gasteiger partial charge in [0.2, 0.25) is 5.91 Å². The van der Waals surface area contributed by atoms with Crippen LogP contribution in [0.3, 0.4) is 0 Å². The topological polar surface area (TPSA) is 74.3 Å². The van der Waals surface area contributed by atoms with Gasteiger partial charge in [-0.25, -0.2) is 4.79 Å². The molecule has 6 nitrogen and oxygen atoms in total. The van der Waals surface area contributed by atoms with E-state index in [-0.39, 0.29) is 17.5 Å². The fourth-order valence-corrected chi connectivity index (χ4v) is 5.98. The summed E-state index contributed by atoms with van der Waals surface area (Å²) in [5.74, 6) is 2.47. The van der Waals surface area contributed by atoms with Crippen LogP contribution in [0, 0.1) is 17.8 Å². The number of carbonyl (C=O) groups is 2. The number of nitrogens with zero attached hydrogens (tertiary/aromatic N) is 2. The highest BCUT2D eigenvalue weighted by molar-refractivity contribution is 5.78. The standard InChI is InChI=1S/C22H32N4O2/c1-26(9-6-19-4-2-3-7-23-19)20(27)5-8-24-21(28)25-22-13-16-10-17(14-22)12-18(11-16)15-22/h2-4,7,16-18H,5-6,8-15H2,1H3,(H2,24,25,28). The molecule has 4 aliphatic carbocycles. The maximum Gasteiger partial charge on any atom is 0.315 e. The van der Waals surface area contributed by atoms with E-state index in [9.17, 15) is 9.59 Å². The molecular weight excluding hydrogens is 352 g/mol. The molecule has 1 heterocycles. The van der Waals surface area contributed by atoms with Gasteiger partial charge in [0.25, 0.3) is 0 Å². The molecule has 0 saturated heterocycles. The van der Waals surface area contributed by atoms with Gasteiger partial charge in [0.1, 0.15) is 0 Å². The Morgan fingerprint density at radius 1 is 1.14 bits per heavy atom. The SMILES string of the molecule is CN(CCc1ccccn1)C(=O)CCNC(=O)NC12CC3CC(CC(C3)C1)C2. The van der Waals surface area contributed by atoms with Crippen molar-refractivity contribution in [3.05, 3.63) is 30.1 Å². The Kier molecular flexibility index (Phi) is 5.56. The smallest absolute Gasteiger partial charge is 0.315 e. The summed E-state index contributed by atoms with van der Waals surface area (Å²) in [5, 5.41) is 6.20. The Bertz CT molecular complexity index is 670. The summed E-state index contributed by atoms with van der Waals surface area (Å²) in [5.41, 5.74) is 0.998. The fraction of sp³-hybridized carbons (Fsp3) is 0.682. The number of pyridine rings is 1. The van der Waals surface area contributed by atoms with E-state index in [4.69, 9.17) is 0 Å². The summed E-state index contributed by atoms with van der Waals surface area (Å²) in [6.07, 6.45) is 10.3. The first-order chi connectivity index (χ1) is 13.5. The average molecular weight is 385 g/mol. The molecule has 0 aliphatic heterocycles. The molecule has 1 aromatic heterocycles. The normalized spacial score (nSPS) is 30.1. The van der Waals surface area contributed by atoms with Gasteiger partial charge in [-0.1, -0.05) is 6.07 Å². The summed E-state index contributed by atoms with van der Waals surface area (Å²) in [7, 11) is 1.81. The van der Waals surface area contributed by atoms with Crippen molar-refractivity contribution in [1.29, 1.82) is 0 Å². The summed E-state index contributed by atoms with van der Waals surface area (Å²) in [6, 6.07) is 5.70. The van der Waals surface area contributed by atoms with Gasteiger partial charge in [-0.2, -0.15) is 0 Å². The third-order valence-corrected chi connectivity index (χ3v) is 6.90. The molecule has 4 fully saturated rings. The van der Waals surface area contributed by atoms with E-state index in [0.717, 1.165) is 49.1 Å². The van der Waals surface area contributed by atoms with E-state index >= 15 is 0 Å². The minimum Gasteiger partial charge on any atom is -0.345 e. The number of amides is 3. The van der Waals surface area contributed by atoms with Gasteiger partial charge in [-0.05, 0) is 68.4 Å². The Morgan fingerprint density at radius 3 is 2.43 bits per heavy atom. The molecule has 4 saturated carbocycles. The molecule has 5 rings (SSSR count). The Hall–Kier alpha value is -2.11. The number of hydrogen-bond donors (Lipinski definition) is 2. The van der Waals surface area contributed by atoms with Gasteiger partial charge < -0.3 is 15.5 Å². The van der Waals surface area contributed by atoms with Crippen molar-refractivity contribution in [3.8, 4) is 0 Å². The summed E-state index contributed by atoms with van der Waals surface area (Å²) in [6.45, 7) is 1.01. The number of urea groups is 1. The predicted molar refractivity (Wildman–Crippen MR) is 108 cm³/mol. The quantitative estimate of drug-likeness (QED) is 0.759. The molecule has 0 atom stereocenters. The van der Waals surface area contributed by atoms with Crippen LogP contribution in [0.15, 0.2) is 24.4 Å². The molecule has 0 aromatic carbocycles. The first kappa shape index (κ1) is 19.2. The molecule has 28 heavy (non-hydrogen) atoms. The average Bonchev–Trinajstić information content (AvgIpc) is 2.65.